The van der Waals surface area contributed by atoms with E-state index in [0.717, 1.165) is 18.5 Å². The van der Waals surface area contributed by atoms with Crippen molar-refractivity contribution < 1.29 is 19.1 Å². The maximum atomic E-state index is 12.9. The SMILES string of the molecule is CCCCN(Cc1cccn1C)C(=O)CN(C(=O)NCC(=O)OCC)C(C)C. The van der Waals surface area contributed by atoms with E-state index in [9.17, 15) is 14.4 Å². The molecule has 0 bridgehead atoms. The van der Waals surface area contributed by atoms with Crippen LogP contribution in [-0.4, -0.2) is 64.6 Å². The molecule has 1 aromatic rings. The molecule has 0 atom stereocenters. The largest absolute Gasteiger partial charge is 0.465 e. The van der Waals surface area contributed by atoms with Crippen LogP contribution < -0.4 is 5.32 Å². The molecule has 0 aliphatic heterocycles. The molecule has 0 unspecified atom stereocenters. The zero-order valence-electron chi connectivity index (χ0n) is 17.7. The number of carbonyl (C=O) groups is 3. The van der Waals surface area contributed by atoms with Gasteiger partial charge in [-0.25, -0.2) is 4.79 Å². The standard InChI is InChI=1S/C20H34N4O4/c1-6-8-12-23(14-17-10-9-11-22(17)5)18(25)15-24(16(3)4)20(27)21-13-19(26)28-7-2/h9-11,16H,6-8,12-15H2,1-5H3,(H,21,27). The minimum atomic E-state index is -0.501. The van der Waals surface area contributed by atoms with Crippen molar-refractivity contribution in [1.29, 1.82) is 0 Å². The van der Waals surface area contributed by atoms with Crippen molar-refractivity contribution in [2.45, 2.75) is 53.1 Å². The van der Waals surface area contributed by atoms with Gasteiger partial charge in [0.1, 0.15) is 13.1 Å². The summed E-state index contributed by atoms with van der Waals surface area (Å²) in [5.74, 6) is -0.617. The number of carbonyl (C=O) groups excluding carboxylic acids is 3. The van der Waals surface area contributed by atoms with E-state index in [-0.39, 0.29) is 31.6 Å². The number of amides is 3. The van der Waals surface area contributed by atoms with Gasteiger partial charge in [-0.15, -0.1) is 0 Å². The second-order valence-corrected chi connectivity index (χ2v) is 6.96. The molecule has 1 N–H and O–H groups in total. The Morgan fingerprint density at radius 3 is 2.50 bits per heavy atom. The molecule has 28 heavy (non-hydrogen) atoms. The van der Waals surface area contributed by atoms with Crippen molar-refractivity contribution in [3.8, 4) is 0 Å². The summed E-state index contributed by atoms with van der Waals surface area (Å²) in [6, 6.07) is 3.29. The van der Waals surface area contributed by atoms with Crippen LogP contribution >= 0.6 is 0 Å². The zero-order valence-corrected chi connectivity index (χ0v) is 17.7. The molecule has 0 fully saturated rings. The number of aryl methyl sites for hydroxylation is 1. The normalized spacial score (nSPS) is 10.6. The van der Waals surface area contributed by atoms with E-state index in [0.29, 0.717) is 13.1 Å². The molecule has 8 heteroatoms. The number of esters is 1. The molecule has 0 spiro atoms. The lowest BCUT2D eigenvalue weighted by Crippen LogP contribution is -2.50. The second kappa shape index (κ2) is 12.0. The summed E-state index contributed by atoms with van der Waals surface area (Å²) in [5, 5.41) is 2.53. The summed E-state index contributed by atoms with van der Waals surface area (Å²) >= 11 is 0. The van der Waals surface area contributed by atoms with Crippen LogP contribution in [0.15, 0.2) is 18.3 Å². The number of ether oxygens (including phenoxy) is 1. The van der Waals surface area contributed by atoms with Crippen LogP contribution in [0.25, 0.3) is 0 Å². The highest BCUT2D eigenvalue weighted by atomic mass is 16.5. The third-order valence-electron chi connectivity index (χ3n) is 4.42. The molecule has 1 rings (SSSR count). The highest BCUT2D eigenvalue weighted by molar-refractivity contribution is 5.86. The van der Waals surface area contributed by atoms with Crippen molar-refractivity contribution in [3.63, 3.8) is 0 Å². The van der Waals surface area contributed by atoms with Crippen LogP contribution in [-0.2, 0) is 27.9 Å². The Hall–Kier alpha value is -2.51. The first-order valence-electron chi connectivity index (χ1n) is 9.88. The lowest BCUT2D eigenvalue weighted by molar-refractivity contribution is -0.141. The van der Waals surface area contributed by atoms with Gasteiger partial charge in [0.15, 0.2) is 0 Å². The average Bonchev–Trinajstić information content (AvgIpc) is 3.05. The van der Waals surface area contributed by atoms with Crippen LogP contribution in [0.3, 0.4) is 0 Å². The molecule has 3 amide bonds. The fourth-order valence-corrected chi connectivity index (χ4v) is 2.69. The van der Waals surface area contributed by atoms with Crippen LogP contribution in [0, 0.1) is 0 Å². The predicted octanol–water partition coefficient (Wildman–Crippen LogP) is 2.14. The van der Waals surface area contributed by atoms with E-state index < -0.39 is 12.0 Å². The molecule has 0 saturated carbocycles. The lowest BCUT2D eigenvalue weighted by atomic mass is 10.2. The highest BCUT2D eigenvalue weighted by Crippen LogP contribution is 2.09. The maximum absolute atomic E-state index is 12.9. The molecule has 158 valence electrons. The first-order valence-corrected chi connectivity index (χ1v) is 9.88. The molecule has 0 radical (unpaired) electrons. The Balaban J connectivity index is 2.77. The number of hydrogen-bond acceptors (Lipinski definition) is 4. The van der Waals surface area contributed by atoms with E-state index >= 15 is 0 Å². The first kappa shape index (κ1) is 23.5. The smallest absolute Gasteiger partial charge is 0.325 e. The van der Waals surface area contributed by atoms with Crippen molar-refractivity contribution in [2.75, 3.05) is 26.2 Å². The minimum absolute atomic E-state index is 0.0412. The van der Waals surface area contributed by atoms with E-state index in [1.54, 1.807) is 11.8 Å². The van der Waals surface area contributed by atoms with Gasteiger partial charge < -0.3 is 24.4 Å². The van der Waals surface area contributed by atoms with Crippen molar-refractivity contribution in [2.24, 2.45) is 7.05 Å². The Morgan fingerprint density at radius 2 is 1.96 bits per heavy atom. The van der Waals surface area contributed by atoms with E-state index in [2.05, 4.69) is 12.2 Å². The zero-order chi connectivity index (χ0) is 21.1. The quantitative estimate of drug-likeness (QED) is 0.583. The van der Waals surface area contributed by atoms with Gasteiger partial charge in [0.25, 0.3) is 0 Å². The summed E-state index contributed by atoms with van der Waals surface area (Å²) in [6.07, 6.45) is 3.82. The fraction of sp³-hybridized carbons (Fsp3) is 0.650. The molecular weight excluding hydrogens is 360 g/mol. The number of nitrogens with one attached hydrogen (secondary N) is 1. The Bertz CT molecular complexity index is 642. The number of hydrogen-bond donors (Lipinski definition) is 1. The van der Waals surface area contributed by atoms with E-state index in [4.69, 9.17) is 4.74 Å². The summed E-state index contributed by atoms with van der Waals surface area (Å²) in [4.78, 5) is 40.1. The average molecular weight is 395 g/mol. The van der Waals surface area contributed by atoms with Gasteiger partial charge in [-0.3, -0.25) is 9.59 Å². The molecule has 0 aromatic carbocycles. The first-order chi connectivity index (χ1) is 13.3. The second-order valence-electron chi connectivity index (χ2n) is 6.96. The number of nitrogens with zero attached hydrogens (tertiary/aromatic N) is 3. The van der Waals surface area contributed by atoms with Crippen LogP contribution in [0.4, 0.5) is 4.79 Å². The third-order valence-corrected chi connectivity index (χ3v) is 4.42. The van der Waals surface area contributed by atoms with Crippen molar-refractivity contribution >= 4 is 17.9 Å². The number of unbranched alkanes of at least 4 members (excludes halogenated alkanes) is 1. The maximum Gasteiger partial charge on any atom is 0.325 e. The van der Waals surface area contributed by atoms with Crippen LogP contribution in [0.2, 0.25) is 0 Å². The number of urea groups is 1. The van der Waals surface area contributed by atoms with E-state index in [1.807, 2.05) is 43.8 Å². The molecule has 0 saturated heterocycles. The summed E-state index contributed by atoms with van der Waals surface area (Å²) in [6.45, 7) is 8.59. The molecule has 0 aliphatic carbocycles. The van der Waals surface area contributed by atoms with Crippen LogP contribution in [0.5, 0.6) is 0 Å². The van der Waals surface area contributed by atoms with Gasteiger partial charge >= 0.3 is 12.0 Å². The van der Waals surface area contributed by atoms with Gasteiger partial charge in [-0.05, 0) is 39.3 Å². The molecule has 0 aliphatic rings. The van der Waals surface area contributed by atoms with E-state index in [1.165, 1.54) is 4.90 Å². The molecular formula is C20H34N4O4. The Morgan fingerprint density at radius 1 is 1.25 bits per heavy atom. The summed E-state index contributed by atoms with van der Waals surface area (Å²) in [7, 11) is 1.95. The predicted molar refractivity (Wildman–Crippen MR) is 108 cm³/mol. The Kier molecular flexibility index (Phi) is 10.1. The lowest BCUT2D eigenvalue weighted by Gasteiger charge is -2.30. The van der Waals surface area contributed by atoms with Gasteiger partial charge in [0, 0.05) is 31.5 Å². The number of rotatable bonds is 11. The van der Waals surface area contributed by atoms with Crippen molar-refractivity contribution in [3.05, 3.63) is 24.0 Å². The van der Waals surface area contributed by atoms with Crippen LogP contribution in [0.1, 0.15) is 46.2 Å². The molecule has 8 nitrogen and oxygen atoms in total. The Labute approximate surface area is 167 Å². The fourth-order valence-electron chi connectivity index (χ4n) is 2.69. The monoisotopic (exact) mass is 394 g/mol. The summed E-state index contributed by atoms with van der Waals surface area (Å²) in [5.41, 5.74) is 1.03. The molecule has 1 heterocycles. The van der Waals surface area contributed by atoms with Gasteiger partial charge in [0.05, 0.1) is 13.2 Å². The minimum Gasteiger partial charge on any atom is -0.465 e. The summed E-state index contributed by atoms with van der Waals surface area (Å²) < 4.78 is 6.80. The van der Waals surface area contributed by atoms with Gasteiger partial charge in [-0.1, -0.05) is 13.3 Å². The van der Waals surface area contributed by atoms with Crippen molar-refractivity contribution in [1.82, 2.24) is 19.7 Å². The van der Waals surface area contributed by atoms with Gasteiger partial charge in [0.2, 0.25) is 5.91 Å². The number of aromatic nitrogens is 1. The third kappa shape index (κ3) is 7.62. The highest BCUT2D eigenvalue weighted by Gasteiger charge is 2.24. The topological polar surface area (TPSA) is 83.9 Å². The van der Waals surface area contributed by atoms with Gasteiger partial charge in [-0.2, -0.15) is 0 Å². The molecule has 1 aromatic heterocycles.